The normalized spacial score (nSPS) is 13.1. The molecule has 1 unspecified atom stereocenters. The molecule has 1 rings (SSSR count). The van der Waals surface area contributed by atoms with Crippen LogP contribution < -0.4 is 5.73 Å². The molecule has 0 saturated heterocycles. The van der Waals surface area contributed by atoms with Gasteiger partial charge in [-0.25, -0.2) is 4.39 Å². The van der Waals surface area contributed by atoms with Gasteiger partial charge in [-0.3, -0.25) is 0 Å². The highest BCUT2D eigenvalue weighted by Gasteiger charge is 2.09. The minimum absolute atomic E-state index is 0.131. The lowest BCUT2D eigenvalue weighted by Gasteiger charge is -2.24. The molecule has 0 aliphatic heterocycles. The van der Waals surface area contributed by atoms with Crippen molar-refractivity contribution in [3.63, 3.8) is 0 Å². The molecule has 0 aliphatic carbocycles. The summed E-state index contributed by atoms with van der Waals surface area (Å²) in [6.07, 6.45) is 1.69. The lowest BCUT2D eigenvalue weighted by molar-refractivity contribution is 0.250. The quantitative estimate of drug-likeness (QED) is 0.875. The molecule has 1 aromatic carbocycles. The van der Waals surface area contributed by atoms with Crippen molar-refractivity contribution in [1.29, 1.82) is 0 Å². The maximum absolute atomic E-state index is 13.5. The first-order valence-corrected chi connectivity index (χ1v) is 6.68. The van der Waals surface area contributed by atoms with Crippen molar-refractivity contribution < 1.29 is 4.39 Å². The van der Waals surface area contributed by atoms with Crippen molar-refractivity contribution in [2.24, 2.45) is 5.73 Å². The van der Waals surface area contributed by atoms with E-state index in [0.717, 1.165) is 29.4 Å². The van der Waals surface area contributed by atoms with Gasteiger partial charge in [-0.1, -0.05) is 15.9 Å². The van der Waals surface area contributed by atoms with Crippen LogP contribution in [0.3, 0.4) is 0 Å². The average Bonchev–Trinajstić information content (AvgIpc) is 2.30. The second kappa shape index (κ2) is 7.09. The highest BCUT2D eigenvalue weighted by molar-refractivity contribution is 9.10. The zero-order valence-corrected chi connectivity index (χ0v) is 12.0. The number of rotatable bonds is 6. The van der Waals surface area contributed by atoms with Crippen LogP contribution in [-0.4, -0.2) is 31.1 Å². The largest absolute Gasteiger partial charge is 0.330 e. The van der Waals surface area contributed by atoms with E-state index >= 15 is 0 Å². The Kier molecular flexibility index (Phi) is 6.09. The third kappa shape index (κ3) is 4.74. The molecule has 1 aromatic rings. The molecule has 0 radical (unpaired) electrons. The monoisotopic (exact) mass is 302 g/mol. The van der Waals surface area contributed by atoms with Crippen LogP contribution >= 0.6 is 15.9 Å². The number of hydrogen-bond acceptors (Lipinski definition) is 2. The number of nitrogens with two attached hydrogens (primary N) is 1. The molecule has 1 atom stereocenters. The standard InChI is InChI=1S/C13H20BrFN2/c1-10(5-7-16)17(2)8-6-11-9-12(14)3-4-13(11)15/h3-4,9-10H,5-8,16H2,1-2H3. The highest BCUT2D eigenvalue weighted by atomic mass is 79.9. The summed E-state index contributed by atoms with van der Waals surface area (Å²) in [5.41, 5.74) is 6.28. The van der Waals surface area contributed by atoms with Crippen molar-refractivity contribution in [2.45, 2.75) is 25.8 Å². The van der Waals surface area contributed by atoms with Crippen LogP contribution in [0.15, 0.2) is 22.7 Å². The number of halogens is 2. The van der Waals surface area contributed by atoms with Crippen LogP contribution in [0.2, 0.25) is 0 Å². The Morgan fingerprint density at radius 1 is 1.47 bits per heavy atom. The van der Waals surface area contributed by atoms with Gasteiger partial charge in [-0.2, -0.15) is 0 Å². The Labute approximate surface area is 111 Å². The van der Waals surface area contributed by atoms with Crippen LogP contribution in [0.1, 0.15) is 18.9 Å². The van der Waals surface area contributed by atoms with Gasteiger partial charge in [0.05, 0.1) is 0 Å². The van der Waals surface area contributed by atoms with Gasteiger partial charge in [0.2, 0.25) is 0 Å². The van der Waals surface area contributed by atoms with Crippen LogP contribution in [0.5, 0.6) is 0 Å². The summed E-state index contributed by atoms with van der Waals surface area (Å²) < 4.78 is 14.4. The zero-order chi connectivity index (χ0) is 12.8. The Morgan fingerprint density at radius 3 is 2.82 bits per heavy atom. The van der Waals surface area contributed by atoms with E-state index in [1.165, 1.54) is 6.07 Å². The first kappa shape index (κ1) is 14.6. The summed E-state index contributed by atoms with van der Waals surface area (Å²) >= 11 is 3.36. The molecule has 2 N–H and O–H groups in total. The van der Waals surface area contributed by atoms with E-state index in [4.69, 9.17) is 5.73 Å². The van der Waals surface area contributed by atoms with Crippen molar-refractivity contribution in [3.8, 4) is 0 Å². The highest BCUT2D eigenvalue weighted by Crippen LogP contribution is 2.16. The fourth-order valence-corrected chi connectivity index (χ4v) is 2.12. The Morgan fingerprint density at radius 2 is 2.18 bits per heavy atom. The van der Waals surface area contributed by atoms with Gasteiger partial charge in [0, 0.05) is 17.1 Å². The predicted octanol–water partition coefficient (Wildman–Crippen LogP) is 2.80. The van der Waals surface area contributed by atoms with Crippen LogP contribution in [0.4, 0.5) is 4.39 Å². The SMILES string of the molecule is CC(CCN)N(C)CCc1cc(Br)ccc1F. The fraction of sp³-hybridized carbons (Fsp3) is 0.538. The molecule has 0 spiro atoms. The van der Waals surface area contributed by atoms with E-state index in [2.05, 4.69) is 34.8 Å². The Hall–Kier alpha value is -0.450. The van der Waals surface area contributed by atoms with E-state index in [0.29, 0.717) is 12.6 Å². The molecule has 4 heteroatoms. The van der Waals surface area contributed by atoms with Gasteiger partial charge < -0.3 is 10.6 Å². The van der Waals surface area contributed by atoms with Gasteiger partial charge >= 0.3 is 0 Å². The summed E-state index contributed by atoms with van der Waals surface area (Å²) in [6, 6.07) is 5.51. The third-order valence-corrected chi connectivity index (χ3v) is 3.57. The van der Waals surface area contributed by atoms with E-state index in [-0.39, 0.29) is 5.82 Å². The summed E-state index contributed by atoms with van der Waals surface area (Å²) in [4.78, 5) is 2.22. The predicted molar refractivity (Wildman–Crippen MR) is 73.6 cm³/mol. The van der Waals surface area contributed by atoms with Gasteiger partial charge in [-0.15, -0.1) is 0 Å². The molecule has 17 heavy (non-hydrogen) atoms. The van der Waals surface area contributed by atoms with Gasteiger partial charge in [0.25, 0.3) is 0 Å². The maximum atomic E-state index is 13.5. The van der Waals surface area contributed by atoms with Crippen molar-refractivity contribution >= 4 is 15.9 Å². The number of benzene rings is 1. The number of nitrogens with zero attached hydrogens (tertiary/aromatic N) is 1. The number of hydrogen-bond donors (Lipinski definition) is 1. The average molecular weight is 303 g/mol. The molecule has 0 amide bonds. The van der Waals surface area contributed by atoms with Gasteiger partial charge in [-0.05, 0) is 57.1 Å². The molecular weight excluding hydrogens is 283 g/mol. The summed E-state index contributed by atoms with van der Waals surface area (Å²) in [5, 5.41) is 0. The van der Waals surface area contributed by atoms with Gasteiger partial charge in [0.15, 0.2) is 0 Å². The first-order chi connectivity index (χ1) is 8.04. The molecule has 0 heterocycles. The molecule has 2 nitrogen and oxygen atoms in total. The smallest absolute Gasteiger partial charge is 0.126 e. The summed E-state index contributed by atoms with van der Waals surface area (Å²) in [7, 11) is 2.05. The van der Waals surface area contributed by atoms with E-state index in [1.807, 2.05) is 6.07 Å². The van der Waals surface area contributed by atoms with Crippen molar-refractivity contribution in [1.82, 2.24) is 4.90 Å². The molecule has 0 bridgehead atoms. The zero-order valence-electron chi connectivity index (χ0n) is 10.4. The lowest BCUT2D eigenvalue weighted by Crippen LogP contribution is -2.32. The van der Waals surface area contributed by atoms with Crippen LogP contribution in [0, 0.1) is 5.82 Å². The molecule has 0 saturated carbocycles. The fourth-order valence-electron chi connectivity index (χ4n) is 1.71. The molecule has 0 aromatic heterocycles. The summed E-state index contributed by atoms with van der Waals surface area (Å²) in [6.45, 7) is 3.68. The second-order valence-electron chi connectivity index (χ2n) is 4.39. The first-order valence-electron chi connectivity index (χ1n) is 5.89. The topological polar surface area (TPSA) is 29.3 Å². The molecule has 96 valence electrons. The maximum Gasteiger partial charge on any atom is 0.126 e. The van der Waals surface area contributed by atoms with Crippen molar-refractivity contribution in [2.75, 3.05) is 20.1 Å². The summed E-state index contributed by atoms with van der Waals surface area (Å²) in [5.74, 6) is -0.131. The molecule has 0 fully saturated rings. The minimum Gasteiger partial charge on any atom is -0.330 e. The second-order valence-corrected chi connectivity index (χ2v) is 5.31. The van der Waals surface area contributed by atoms with Gasteiger partial charge in [0.1, 0.15) is 5.82 Å². The third-order valence-electron chi connectivity index (χ3n) is 3.08. The van der Waals surface area contributed by atoms with Crippen molar-refractivity contribution in [3.05, 3.63) is 34.1 Å². The Balaban J connectivity index is 2.52. The lowest BCUT2D eigenvalue weighted by atomic mass is 10.1. The number of likely N-dealkylation sites (N-methyl/N-ethyl adjacent to an activating group) is 1. The Bertz CT molecular complexity index is 357. The van der Waals surface area contributed by atoms with E-state index in [1.54, 1.807) is 6.07 Å². The van der Waals surface area contributed by atoms with Crippen LogP contribution in [-0.2, 0) is 6.42 Å². The van der Waals surface area contributed by atoms with Crippen LogP contribution in [0.25, 0.3) is 0 Å². The molecular formula is C13H20BrFN2. The van der Waals surface area contributed by atoms with E-state index in [9.17, 15) is 4.39 Å². The minimum atomic E-state index is -0.131. The van der Waals surface area contributed by atoms with E-state index < -0.39 is 0 Å². The molecule has 0 aliphatic rings.